The normalized spacial score (nSPS) is 36.6. The SMILES string of the molecule is CCC/C=C/[C@H](C(=O)O[C@@H]1[C@H]2OC(C)(C)O[C@H]2O[C@@H]1[C@H]1COC(C)(C)O1)C(C)C. The summed E-state index contributed by atoms with van der Waals surface area (Å²) in [6, 6.07) is 0. The fourth-order valence-corrected chi connectivity index (χ4v) is 4.01. The first-order valence-corrected chi connectivity index (χ1v) is 10.7. The molecule has 0 radical (unpaired) electrons. The Kier molecular flexibility index (Phi) is 6.75. The molecule has 0 aromatic rings. The van der Waals surface area contributed by atoms with Crippen LogP contribution in [0.2, 0.25) is 0 Å². The first-order valence-electron chi connectivity index (χ1n) is 10.7. The Labute approximate surface area is 174 Å². The number of carbonyl (C=O) groups is 1. The maximum atomic E-state index is 13.1. The highest BCUT2D eigenvalue weighted by molar-refractivity contribution is 5.75. The van der Waals surface area contributed by atoms with E-state index in [9.17, 15) is 4.79 Å². The number of esters is 1. The summed E-state index contributed by atoms with van der Waals surface area (Å²) in [5, 5.41) is 0. The first kappa shape index (κ1) is 22.7. The fourth-order valence-electron chi connectivity index (χ4n) is 4.01. The van der Waals surface area contributed by atoms with Crippen LogP contribution in [-0.2, 0) is 33.2 Å². The van der Waals surface area contributed by atoms with Crippen LogP contribution in [0.15, 0.2) is 12.2 Å². The van der Waals surface area contributed by atoms with E-state index in [1.54, 1.807) is 0 Å². The lowest BCUT2D eigenvalue weighted by Crippen LogP contribution is -2.46. The number of rotatable bonds is 7. The van der Waals surface area contributed by atoms with Crippen molar-refractivity contribution < 1.29 is 33.2 Å². The second kappa shape index (κ2) is 8.63. The van der Waals surface area contributed by atoms with E-state index in [2.05, 4.69) is 6.92 Å². The Hall–Kier alpha value is -0.990. The Morgan fingerprint density at radius 2 is 1.83 bits per heavy atom. The fraction of sp³-hybridized carbons (Fsp3) is 0.864. The van der Waals surface area contributed by atoms with Gasteiger partial charge < -0.3 is 28.4 Å². The van der Waals surface area contributed by atoms with E-state index in [0.717, 1.165) is 12.8 Å². The smallest absolute Gasteiger partial charge is 0.313 e. The zero-order valence-corrected chi connectivity index (χ0v) is 18.7. The third-order valence-corrected chi connectivity index (χ3v) is 5.47. The highest BCUT2D eigenvalue weighted by atomic mass is 16.8. The average molecular weight is 413 g/mol. The van der Waals surface area contributed by atoms with Gasteiger partial charge in [-0.2, -0.15) is 0 Å². The lowest BCUT2D eigenvalue weighted by molar-refractivity contribution is -0.235. The summed E-state index contributed by atoms with van der Waals surface area (Å²) in [6.45, 7) is 13.9. The summed E-state index contributed by atoms with van der Waals surface area (Å²) >= 11 is 0. The Morgan fingerprint density at radius 3 is 2.41 bits per heavy atom. The zero-order chi connectivity index (χ0) is 21.4. The molecule has 0 N–H and O–H groups in total. The third kappa shape index (κ3) is 5.20. The molecule has 3 saturated heterocycles. The summed E-state index contributed by atoms with van der Waals surface area (Å²) in [5.41, 5.74) is 0. The predicted octanol–water partition coefficient (Wildman–Crippen LogP) is 3.55. The van der Waals surface area contributed by atoms with Crippen molar-refractivity contribution in [2.75, 3.05) is 6.61 Å². The molecule has 0 saturated carbocycles. The molecule has 0 spiro atoms. The van der Waals surface area contributed by atoms with Gasteiger partial charge in [0.2, 0.25) is 0 Å². The zero-order valence-electron chi connectivity index (χ0n) is 18.7. The van der Waals surface area contributed by atoms with Crippen LogP contribution in [0.25, 0.3) is 0 Å². The van der Waals surface area contributed by atoms with Crippen molar-refractivity contribution in [3.05, 3.63) is 12.2 Å². The number of hydrogen-bond donors (Lipinski definition) is 0. The van der Waals surface area contributed by atoms with Gasteiger partial charge in [-0.15, -0.1) is 0 Å². The van der Waals surface area contributed by atoms with Gasteiger partial charge in [-0.05, 0) is 40.0 Å². The summed E-state index contributed by atoms with van der Waals surface area (Å²) < 4.78 is 35.7. The van der Waals surface area contributed by atoms with Crippen LogP contribution in [-0.4, -0.2) is 54.9 Å². The van der Waals surface area contributed by atoms with E-state index in [-0.39, 0.29) is 23.9 Å². The topological polar surface area (TPSA) is 72.5 Å². The van der Waals surface area contributed by atoms with E-state index >= 15 is 0 Å². The summed E-state index contributed by atoms with van der Waals surface area (Å²) in [6.07, 6.45) is 3.36. The predicted molar refractivity (Wildman–Crippen MR) is 106 cm³/mol. The summed E-state index contributed by atoms with van der Waals surface area (Å²) in [5.74, 6) is -1.98. The van der Waals surface area contributed by atoms with Gasteiger partial charge in [0.15, 0.2) is 30.1 Å². The molecule has 3 rings (SSSR count). The van der Waals surface area contributed by atoms with Gasteiger partial charge in [0.05, 0.1) is 12.5 Å². The number of fused-ring (bicyclic) bond motifs is 1. The molecule has 0 aromatic heterocycles. The van der Waals surface area contributed by atoms with E-state index < -0.39 is 36.2 Å². The number of ether oxygens (including phenoxy) is 6. The molecule has 0 amide bonds. The van der Waals surface area contributed by atoms with Crippen LogP contribution in [0, 0.1) is 11.8 Å². The highest BCUT2D eigenvalue weighted by Crippen LogP contribution is 2.42. The van der Waals surface area contributed by atoms with Crippen molar-refractivity contribution in [1.29, 1.82) is 0 Å². The Morgan fingerprint density at radius 1 is 1.10 bits per heavy atom. The number of hydrogen-bond acceptors (Lipinski definition) is 7. The minimum atomic E-state index is -0.796. The summed E-state index contributed by atoms with van der Waals surface area (Å²) in [4.78, 5) is 13.1. The molecule has 7 nitrogen and oxygen atoms in total. The van der Waals surface area contributed by atoms with Crippen LogP contribution in [0.1, 0.15) is 61.3 Å². The molecule has 166 valence electrons. The molecule has 0 aliphatic carbocycles. The monoisotopic (exact) mass is 412 g/mol. The van der Waals surface area contributed by atoms with Crippen LogP contribution in [0.3, 0.4) is 0 Å². The quantitative estimate of drug-likeness (QED) is 0.468. The highest BCUT2D eigenvalue weighted by Gasteiger charge is 2.60. The maximum Gasteiger partial charge on any atom is 0.313 e. The lowest BCUT2D eigenvalue weighted by atomic mass is 9.94. The molecule has 3 fully saturated rings. The van der Waals surface area contributed by atoms with Gasteiger partial charge in [0.25, 0.3) is 0 Å². The molecule has 0 bridgehead atoms. The Bertz CT molecular complexity index is 612. The average Bonchev–Trinajstić information content (AvgIpc) is 3.21. The van der Waals surface area contributed by atoms with Gasteiger partial charge in [-0.3, -0.25) is 4.79 Å². The van der Waals surface area contributed by atoms with Crippen molar-refractivity contribution in [2.45, 2.75) is 104 Å². The van der Waals surface area contributed by atoms with E-state index in [1.807, 2.05) is 53.7 Å². The maximum absolute atomic E-state index is 13.1. The molecule has 0 unspecified atom stereocenters. The molecular formula is C22H36O7. The van der Waals surface area contributed by atoms with E-state index in [0.29, 0.717) is 6.61 Å². The van der Waals surface area contributed by atoms with Crippen molar-refractivity contribution >= 4 is 5.97 Å². The van der Waals surface area contributed by atoms with Gasteiger partial charge in [0.1, 0.15) is 12.2 Å². The number of carbonyl (C=O) groups excluding carboxylic acids is 1. The molecular weight excluding hydrogens is 376 g/mol. The van der Waals surface area contributed by atoms with Gasteiger partial charge in [-0.1, -0.05) is 39.3 Å². The number of allylic oxidation sites excluding steroid dienone is 1. The van der Waals surface area contributed by atoms with Crippen LogP contribution in [0.5, 0.6) is 0 Å². The lowest BCUT2D eigenvalue weighted by Gasteiger charge is -2.30. The number of unbranched alkanes of at least 4 members (excludes halogenated alkanes) is 1. The summed E-state index contributed by atoms with van der Waals surface area (Å²) in [7, 11) is 0. The van der Waals surface area contributed by atoms with Crippen molar-refractivity contribution in [2.24, 2.45) is 11.8 Å². The third-order valence-electron chi connectivity index (χ3n) is 5.47. The molecule has 3 aliphatic rings. The molecule has 6 atom stereocenters. The van der Waals surface area contributed by atoms with Crippen molar-refractivity contribution in [3.8, 4) is 0 Å². The second-order valence-corrected chi connectivity index (χ2v) is 9.32. The van der Waals surface area contributed by atoms with Crippen molar-refractivity contribution in [1.82, 2.24) is 0 Å². The van der Waals surface area contributed by atoms with Crippen LogP contribution in [0.4, 0.5) is 0 Å². The van der Waals surface area contributed by atoms with E-state index in [4.69, 9.17) is 28.4 Å². The van der Waals surface area contributed by atoms with Crippen LogP contribution < -0.4 is 0 Å². The minimum Gasteiger partial charge on any atom is -0.456 e. The van der Waals surface area contributed by atoms with E-state index in [1.165, 1.54) is 0 Å². The molecule has 29 heavy (non-hydrogen) atoms. The second-order valence-electron chi connectivity index (χ2n) is 9.32. The van der Waals surface area contributed by atoms with Gasteiger partial charge in [0, 0.05) is 0 Å². The Balaban J connectivity index is 1.77. The molecule has 0 aromatic carbocycles. The first-order chi connectivity index (χ1) is 13.5. The standard InChI is InChI=1S/C22H36O7/c1-8-9-10-11-14(13(2)3)19(23)25-17-16(15-12-24-21(4,5)27-15)26-20-18(17)28-22(6,7)29-20/h10-11,13-18,20H,8-9,12H2,1-7H3/b11-10+/t14-,15+,16+,17-,18+,20+/m0/s1. The molecule has 3 heterocycles. The van der Waals surface area contributed by atoms with Crippen LogP contribution >= 0.6 is 0 Å². The molecule has 3 aliphatic heterocycles. The largest absolute Gasteiger partial charge is 0.456 e. The molecule has 7 heteroatoms. The van der Waals surface area contributed by atoms with Crippen molar-refractivity contribution in [3.63, 3.8) is 0 Å². The van der Waals surface area contributed by atoms with Gasteiger partial charge in [-0.25, -0.2) is 0 Å². The van der Waals surface area contributed by atoms with Gasteiger partial charge >= 0.3 is 5.97 Å². The minimum absolute atomic E-state index is 0.120.